The number of benzene rings is 7. The van der Waals surface area contributed by atoms with Crippen molar-refractivity contribution in [3.8, 4) is 56.2 Å². The lowest BCUT2D eigenvalue weighted by atomic mass is 9.94. The summed E-state index contributed by atoms with van der Waals surface area (Å²) in [6, 6.07) is 55.4. The molecule has 2 heterocycles. The Hall–Kier alpha value is -7.04. The van der Waals surface area contributed by atoms with E-state index in [2.05, 4.69) is 174 Å². The summed E-state index contributed by atoms with van der Waals surface area (Å²) in [5.74, 6) is 0.646. The van der Waals surface area contributed by atoms with Crippen molar-refractivity contribution < 1.29 is 0 Å². The third-order valence-electron chi connectivity index (χ3n) is 9.87. The third-order valence-corrected chi connectivity index (χ3v) is 9.87. The highest BCUT2D eigenvalue weighted by Crippen LogP contribution is 2.38. The van der Waals surface area contributed by atoms with Crippen LogP contribution in [0.15, 0.2) is 175 Å². The summed E-state index contributed by atoms with van der Waals surface area (Å²) < 4.78 is 0. The molecule has 4 nitrogen and oxygen atoms in total. The van der Waals surface area contributed by atoms with Gasteiger partial charge in [-0.15, -0.1) is 0 Å². The van der Waals surface area contributed by atoms with E-state index in [0.717, 1.165) is 83.3 Å². The average Bonchev–Trinajstić information content (AvgIpc) is 3.23. The largest absolute Gasteiger partial charge is 0.264 e. The lowest BCUT2D eigenvalue weighted by Crippen LogP contribution is -1.98. The SMILES string of the molecule is C=Nc1cc(-c2cc(-c3ccc4cccnc4c3)cc(-c3nc(-c4cccc5ccccc45)cc(-c4cccc5ccccc45)n3)c2)ccc1/C=C\C. The van der Waals surface area contributed by atoms with Gasteiger partial charge in [0, 0.05) is 28.3 Å². The first-order valence-electron chi connectivity index (χ1n) is 17.7. The second-order valence-electron chi connectivity index (χ2n) is 13.2. The van der Waals surface area contributed by atoms with Gasteiger partial charge in [0.1, 0.15) is 0 Å². The van der Waals surface area contributed by atoms with E-state index in [0.29, 0.717) is 5.82 Å². The number of hydrogen-bond donors (Lipinski definition) is 0. The first kappa shape index (κ1) is 31.9. The molecule has 0 saturated carbocycles. The Morgan fingerprint density at radius 3 is 1.75 bits per heavy atom. The zero-order valence-electron chi connectivity index (χ0n) is 29.2. The van der Waals surface area contributed by atoms with Crippen LogP contribution in [0, 0.1) is 0 Å². The van der Waals surface area contributed by atoms with Gasteiger partial charge in [-0.05, 0) is 105 Å². The maximum Gasteiger partial charge on any atom is 0.160 e. The summed E-state index contributed by atoms with van der Waals surface area (Å²) in [5, 5.41) is 5.72. The van der Waals surface area contributed by atoms with Crippen LogP contribution >= 0.6 is 0 Å². The van der Waals surface area contributed by atoms with Crippen LogP contribution < -0.4 is 0 Å². The van der Waals surface area contributed by atoms with E-state index >= 15 is 0 Å². The second-order valence-corrected chi connectivity index (χ2v) is 13.2. The highest BCUT2D eigenvalue weighted by molar-refractivity contribution is 5.99. The van der Waals surface area contributed by atoms with Crippen molar-refractivity contribution in [2.45, 2.75) is 6.92 Å². The minimum Gasteiger partial charge on any atom is -0.264 e. The first-order chi connectivity index (χ1) is 26.1. The fraction of sp³-hybridized carbons (Fsp3) is 0.0204. The van der Waals surface area contributed by atoms with Crippen molar-refractivity contribution in [2.75, 3.05) is 0 Å². The van der Waals surface area contributed by atoms with Crippen molar-refractivity contribution in [2.24, 2.45) is 4.99 Å². The fourth-order valence-electron chi connectivity index (χ4n) is 7.27. The van der Waals surface area contributed by atoms with Crippen molar-refractivity contribution in [3.05, 3.63) is 176 Å². The number of pyridine rings is 1. The Labute approximate surface area is 308 Å². The summed E-state index contributed by atoms with van der Waals surface area (Å²) in [4.78, 5) is 19.8. The molecule has 0 radical (unpaired) electrons. The van der Waals surface area contributed by atoms with Crippen LogP contribution in [-0.4, -0.2) is 21.7 Å². The number of fused-ring (bicyclic) bond motifs is 3. The summed E-state index contributed by atoms with van der Waals surface area (Å²) in [6.45, 7) is 5.88. The zero-order valence-corrected chi connectivity index (χ0v) is 29.2. The molecule has 0 spiro atoms. The van der Waals surface area contributed by atoms with E-state index in [1.54, 1.807) is 0 Å². The maximum absolute atomic E-state index is 5.36. The van der Waals surface area contributed by atoms with Crippen LogP contribution in [0.1, 0.15) is 12.5 Å². The molecule has 0 saturated heterocycles. The van der Waals surface area contributed by atoms with E-state index in [-0.39, 0.29) is 0 Å². The molecule has 0 aliphatic rings. The van der Waals surface area contributed by atoms with Gasteiger partial charge < -0.3 is 0 Å². The number of aliphatic imine (C=N–C) groups is 1. The van der Waals surface area contributed by atoms with Crippen LogP contribution in [0.4, 0.5) is 5.69 Å². The Balaban J connectivity index is 1.31. The van der Waals surface area contributed by atoms with Gasteiger partial charge >= 0.3 is 0 Å². The van der Waals surface area contributed by atoms with Gasteiger partial charge in [0.15, 0.2) is 5.82 Å². The maximum atomic E-state index is 5.36. The smallest absolute Gasteiger partial charge is 0.160 e. The van der Waals surface area contributed by atoms with Gasteiger partial charge in [-0.25, -0.2) is 9.97 Å². The number of hydrogen-bond acceptors (Lipinski definition) is 4. The number of nitrogens with zero attached hydrogens (tertiary/aromatic N) is 4. The van der Waals surface area contributed by atoms with Crippen LogP contribution in [-0.2, 0) is 0 Å². The van der Waals surface area contributed by atoms with E-state index in [9.17, 15) is 0 Å². The quantitative estimate of drug-likeness (QED) is 0.158. The molecule has 0 N–H and O–H groups in total. The molecular weight excluding hydrogens is 645 g/mol. The zero-order chi connectivity index (χ0) is 35.7. The topological polar surface area (TPSA) is 51.0 Å². The molecule has 4 heteroatoms. The molecule has 0 aliphatic heterocycles. The van der Waals surface area contributed by atoms with Gasteiger partial charge in [0.25, 0.3) is 0 Å². The highest BCUT2D eigenvalue weighted by atomic mass is 14.9. The number of allylic oxidation sites excluding steroid dienone is 1. The highest BCUT2D eigenvalue weighted by Gasteiger charge is 2.17. The minimum absolute atomic E-state index is 0.646. The Morgan fingerprint density at radius 1 is 0.509 bits per heavy atom. The molecule has 0 aliphatic carbocycles. The molecule has 0 bridgehead atoms. The van der Waals surface area contributed by atoms with Crippen LogP contribution in [0.2, 0.25) is 0 Å². The van der Waals surface area contributed by atoms with Gasteiger partial charge in [0.05, 0.1) is 22.6 Å². The minimum atomic E-state index is 0.646. The van der Waals surface area contributed by atoms with Gasteiger partial charge in [-0.2, -0.15) is 0 Å². The molecule has 53 heavy (non-hydrogen) atoms. The molecule has 0 atom stereocenters. The monoisotopic (exact) mass is 678 g/mol. The van der Waals surface area contributed by atoms with E-state index < -0.39 is 0 Å². The summed E-state index contributed by atoms with van der Waals surface area (Å²) >= 11 is 0. The Morgan fingerprint density at radius 2 is 1.09 bits per heavy atom. The van der Waals surface area contributed by atoms with Crippen molar-refractivity contribution >= 4 is 50.9 Å². The molecule has 0 unspecified atom stereocenters. The molecule has 0 fully saturated rings. The van der Waals surface area contributed by atoms with E-state index in [1.807, 2.05) is 25.3 Å². The lowest BCUT2D eigenvalue weighted by Gasteiger charge is -2.15. The number of aromatic nitrogens is 3. The van der Waals surface area contributed by atoms with Gasteiger partial charge in [0.2, 0.25) is 0 Å². The van der Waals surface area contributed by atoms with Crippen molar-refractivity contribution in [1.29, 1.82) is 0 Å². The van der Waals surface area contributed by atoms with Crippen LogP contribution in [0.3, 0.4) is 0 Å². The van der Waals surface area contributed by atoms with Gasteiger partial charge in [-0.3, -0.25) is 9.98 Å². The van der Waals surface area contributed by atoms with Crippen molar-refractivity contribution in [3.63, 3.8) is 0 Å². The summed E-state index contributed by atoms with van der Waals surface area (Å²) in [7, 11) is 0. The normalized spacial score (nSPS) is 11.5. The third kappa shape index (κ3) is 6.07. The van der Waals surface area contributed by atoms with Crippen LogP contribution in [0.25, 0.3) is 94.7 Å². The Kier molecular flexibility index (Phi) is 8.18. The molecule has 0 amide bonds. The lowest BCUT2D eigenvalue weighted by molar-refractivity contribution is 1.19. The van der Waals surface area contributed by atoms with Crippen LogP contribution in [0.5, 0.6) is 0 Å². The second kappa shape index (κ2) is 13.6. The standard InChI is InChI=1S/C49H34N4/c1-3-11-34-21-23-36(29-45(34)50-2)38-26-39(37-24-22-35-16-10-25-51-46(35)30-37)28-40(27-38)49-52-47(43-19-8-14-32-12-4-6-17-41(32)43)31-48(53-49)44-20-9-15-33-13-5-7-18-42(33)44/h3-31H,2H2,1H3/b11-3-. The first-order valence-corrected chi connectivity index (χ1v) is 17.7. The predicted octanol–water partition coefficient (Wildman–Crippen LogP) is 13.0. The Bertz CT molecular complexity index is 2780. The summed E-state index contributed by atoms with van der Waals surface area (Å²) in [5.41, 5.74) is 11.7. The molecule has 9 rings (SSSR count). The van der Waals surface area contributed by atoms with Gasteiger partial charge in [-0.1, -0.05) is 127 Å². The molecule has 9 aromatic rings. The fourth-order valence-corrected chi connectivity index (χ4v) is 7.27. The van der Waals surface area contributed by atoms with E-state index in [4.69, 9.17) is 9.97 Å². The predicted molar refractivity (Wildman–Crippen MR) is 223 cm³/mol. The molecule has 2 aromatic heterocycles. The number of rotatable bonds is 7. The van der Waals surface area contributed by atoms with E-state index in [1.165, 1.54) is 10.8 Å². The summed E-state index contributed by atoms with van der Waals surface area (Å²) in [6.07, 6.45) is 5.91. The molecular formula is C49H34N4. The molecule has 250 valence electrons. The average molecular weight is 679 g/mol. The molecule has 7 aromatic carbocycles. The van der Waals surface area contributed by atoms with Crippen molar-refractivity contribution in [1.82, 2.24) is 15.0 Å².